The molecule has 0 bridgehead atoms. The second-order valence-corrected chi connectivity index (χ2v) is 6.80. The highest BCUT2D eigenvalue weighted by molar-refractivity contribution is 5.92. The van der Waals surface area contributed by atoms with Crippen molar-refractivity contribution in [1.29, 1.82) is 0 Å². The van der Waals surface area contributed by atoms with Gasteiger partial charge in [-0.15, -0.1) is 0 Å². The molecule has 1 aliphatic rings. The first-order valence-corrected chi connectivity index (χ1v) is 9.00. The third-order valence-electron chi connectivity index (χ3n) is 4.81. The Hall–Kier alpha value is -3.00. The Morgan fingerprint density at radius 1 is 1.41 bits per heavy atom. The number of aryl methyl sites for hydroxylation is 1. The summed E-state index contributed by atoms with van der Waals surface area (Å²) in [6.07, 6.45) is 5.29. The van der Waals surface area contributed by atoms with Crippen LogP contribution in [-0.2, 0) is 19.6 Å². The van der Waals surface area contributed by atoms with Crippen LogP contribution in [0.2, 0.25) is 0 Å². The molecule has 4 heterocycles. The molecule has 0 aliphatic carbocycles. The molecule has 0 aromatic carbocycles. The molecule has 3 aromatic heterocycles. The molecule has 1 N–H and O–H groups in total. The summed E-state index contributed by atoms with van der Waals surface area (Å²) in [5, 5.41) is 6.98. The lowest BCUT2D eigenvalue weighted by atomic mass is 10.2. The predicted octanol–water partition coefficient (Wildman–Crippen LogP) is 2.08. The smallest absolute Gasteiger partial charge is 0.271 e. The SMILES string of the molecule is Cc1cc(CN2CCn3cc(C(=O)NCc4cccnc4)nc3[C@@H]2C)no1. The molecule has 0 spiro atoms. The first-order valence-electron chi connectivity index (χ1n) is 9.00. The molecular weight excluding hydrogens is 344 g/mol. The molecule has 0 fully saturated rings. The van der Waals surface area contributed by atoms with Gasteiger partial charge in [-0.25, -0.2) is 4.98 Å². The van der Waals surface area contributed by atoms with Crippen molar-refractivity contribution in [3.8, 4) is 0 Å². The third-order valence-corrected chi connectivity index (χ3v) is 4.81. The first-order chi connectivity index (χ1) is 13.1. The van der Waals surface area contributed by atoms with Crippen LogP contribution in [0.5, 0.6) is 0 Å². The summed E-state index contributed by atoms with van der Waals surface area (Å²) in [4.78, 5) is 23.4. The van der Waals surface area contributed by atoms with E-state index in [2.05, 4.69) is 36.8 Å². The van der Waals surface area contributed by atoms with Crippen molar-refractivity contribution in [1.82, 2.24) is 29.9 Å². The highest BCUT2D eigenvalue weighted by Crippen LogP contribution is 2.26. The van der Waals surface area contributed by atoms with Gasteiger partial charge in [-0.3, -0.25) is 14.7 Å². The number of aromatic nitrogens is 4. The van der Waals surface area contributed by atoms with Gasteiger partial charge in [0.1, 0.15) is 17.3 Å². The maximum absolute atomic E-state index is 12.5. The molecule has 0 saturated heterocycles. The van der Waals surface area contributed by atoms with Crippen LogP contribution >= 0.6 is 0 Å². The molecule has 8 heteroatoms. The van der Waals surface area contributed by atoms with Crippen molar-refractivity contribution in [2.24, 2.45) is 0 Å². The summed E-state index contributed by atoms with van der Waals surface area (Å²) in [7, 11) is 0. The van der Waals surface area contributed by atoms with E-state index < -0.39 is 0 Å². The summed E-state index contributed by atoms with van der Waals surface area (Å²) < 4.78 is 7.22. The molecule has 0 radical (unpaired) electrons. The van der Waals surface area contributed by atoms with Crippen molar-refractivity contribution >= 4 is 5.91 Å². The van der Waals surface area contributed by atoms with E-state index in [9.17, 15) is 4.79 Å². The van der Waals surface area contributed by atoms with Gasteiger partial charge >= 0.3 is 0 Å². The number of hydrogen-bond acceptors (Lipinski definition) is 6. The van der Waals surface area contributed by atoms with Crippen molar-refractivity contribution in [3.63, 3.8) is 0 Å². The number of hydrogen-bond donors (Lipinski definition) is 1. The minimum Gasteiger partial charge on any atom is -0.361 e. The Kier molecular flexibility index (Phi) is 4.72. The van der Waals surface area contributed by atoms with E-state index in [-0.39, 0.29) is 11.9 Å². The third kappa shape index (κ3) is 3.75. The maximum atomic E-state index is 12.5. The van der Waals surface area contributed by atoms with Gasteiger partial charge in [0.15, 0.2) is 0 Å². The number of amides is 1. The maximum Gasteiger partial charge on any atom is 0.271 e. The summed E-state index contributed by atoms with van der Waals surface area (Å²) in [5.41, 5.74) is 2.31. The fraction of sp³-hybridized carbons (Fsp3) is 0.368. The van der Waals surface area contributed by atoms with Gasteiger partial charge in [0, 0.05) is 50.8 Å². The van der Waals surface area contributed by atoms with E-state index in [0.717, 1.165) is 35.9 Å². The molecule has 1 aliphatic heterocycles. The highest BCUT2D eigenvalue weighted by atomic mass is 16.5. The molecule has 1 amide bonds. The van der Waals surface area contributed by atoms with Crippen LogP contribution in [0.1, 0.15) is 46.3 Å². The predicted molar refractivity (Wildman–Crippen MR) is 97.7 cm³/mol. The number of nitrogens with one attached hydrogen (secondary N) is 1. The summed E-state index contributed by atoms with van der Waals surface area (Å²) in [5.74, 6) is 1.53. The number of carbonyl (C=O) groups is 1. The monoisotopic (exact) mass is 366 g/mol. The van der Waals surface area contributed by atoms with Crippen molar-refractivity contribution in [3.05, 3.63) is 65.3 Å². The lowest BCUT2D eigenvalue weighted by Gasteiger charge is -2.32. The van der Waals surface area contributed by atoms with Gasteiger partial charge < -0.3 is 14.4 Å². The molecule has 3 aromatic rings. The van der Waals surface area contributed by atoms with Gasteiger partial charge in [-0.05, 0) is 25.5 Å². The fourth-order valence-corrected chi connectivity index (χ4v) is 3.34. The number of rotatable bonds is 5. The van der Waals surface area contributed by atoms with E-state index >= 15 is 0 Å². The van der Waals surface area contributed by atoms with Crippen LogP contribution in [0.25, 0.3) is 0 Å². The van der Waals surface area contributed by atoms with E-state index in [1.807, 2.05) is 31.3 Å². The lowest BCUT2D eigenvalue weighted by Crippen LogP contribution is -2.36. The zero-order valence-electron chi connectivity index (χ0n) is 15.4. The van der Waals surface area contributed by atoms with Crippen LogP contribution < -0.4 is 5.32 Å². The number of fused-ring (bicyclic) bond motifs is 1. The molecule has 0 saturated carbocycles. The van der Waals surface area contributed by atoms with Gasteiger partial charge in [0.05, 0.1) is 11.7 Å². The number of carbonyl (C=O) groups excluding carboxylic acids is 1. The Morgan fingerprint density at radius 3 is 3.04 bits per heavy atom. The largest absolute Gasteiger partial charge is 0.361 e. The summed E-state index contributed by atoms with van der Waals surface area (Å²) >= 11 is 0. The van der Waals surface area contributed by atoms with Crippen LogP contribution in [-0.4, -0.2) is 37.0 Å². The second kappa shape index (κ2) is 7.32. The topological polar surface area (TPSA) is 89.1 Å². The van der Waals surface area contributed by atoms with E-state index in [0.29, 0.717) is 18.8 Å². The van der Waals surface area contributed by atoms with Gasteiger partial charge in [0.25, 0.3) is 5.91 Å². The van der Waals surface area contributed by atoms with E-state index in [1.165, 1.54) is 0 Å². The van der Waals surface area contributed by atoms with Gasteiger partial charge in [-0.1, -0.05) is 11.2 Å². The number of pyridine rings is 1. The number of imidazole rings is 1. The average molecular weight is 366 g/mol. The zero-order valence-corrected chi connectivity index (χ0v) is 15.4. The molecule has 27 heavy (non-hydrogen) atoms. The number of nitrogens with zero attached hydrogens (tertiary/aromatic N) is 5. The normalized spacial score (nSPS) is 16.9. The van der Waals surface area contributed by atoms with Gasteiger partial charge in [-0.2, -0.15) is 0 Å². The standard InChI is InChI=1S/C19H22N6O2/c1-13-8-16(23-27-13)11-24-6-7-25-12-17(22-18(25)14(24)2)19(26)21-10-15-4-3-5-20-9-15/h3-5,8-9,12,14H,6-7,10-11H2,1-2H3,(H,21,26)/t14-/m0/s1. The molecular formula is C19H22N6O2. The Balaban J connectivity index is 1.43. The van der Waals surface area contributed by atoms with Crippen molar-refractivity contribution < 1.29 is 9.32 Å². The Morgan fingerprint density at radius 2 is 2.30 bits per heavy atom. The molecule has 0 unspecified atom stereocenters. The van der Waals surface area contributed by atoms with Crippen molar-refractivity contribution in [2.75, 3.05) is 6.54 Å². The molecule has 1 atom stereocenters. The van der Waals surface area contributed by atoms with Crippen molar-refractivity contribution in [2.45, 2.75) is 39.5 Å². The summed E-state index contributed by atoms with van der Waals surface area (Å²) in [6.45, 7) is 6.78. The minimum atomic E-state index is -0.174. The molecule has 4 rings (SSSR count). The van der Waals surface area contributed by atoms with Crippen LogP contribution in [0, 0.1) is 6.92 Å². The Bertz CT molecular complexity index is 933. The van der Waals surface area contributed by atoms with E-state index in [4.69, 9.17) is 4.52 Å². The average Bonchev–Trinajstić information content (AvgIpc) is 3.29. The van der Waals surface area contributed by atoms with E-state index in [1.54, 1.807) is 12.4 Å². The minimum absolute atomic E-state index is 0.0932. The molecule has 8 nitrogen and oxygen atoms in total. The molecule has 140 valence electrons. The van der Waals surface area contributed by atoms with Crippen LogP contribution in [0.15, 0.2) is 41.3 Å². The summed E-state index contributed by atoms with van der Waals surface area (Å²) in [6, 6.07) is 5.82. The van der Waals surface area contributed by atoms with Gasteiger partial charge in [0.2, 0.25) is 0 Å². The quantitative estimate of drug-likeness (QED) is 0.744. The highest BCUT2D eigenvalue weighted by Gasteiger charge is 2.28. The fourth-order valence-electron chi connectivity index (χ4n) is 3.34. The zero-order chi connectivity index (χ0) is 18.8. The second-order valence-electron chi connectivity index (χ2n) is 6.80. The first kappa shape index (κ1) is 17.4. The Labute approximate surface area is 157 Å². The van der Waals surface area contributed by atoms with Crippen LogP contribution in [0.4, 0.5) is 0 Å². The lowest BCUT2D eigenvalue weighted by molar-refractivity contribution is 0.0946. The van der Waals surface area contributed by atoms with Crippen LogP contribution in [0.3, 0.4) is 0 Å².